The molecular formula is C22H36ClN3O3. The van der Waals surface area contributed by atoms with Gasteiger partial charge in [0.1, 0.15) is 0 Å². The highest BCUT2D eigenvalue weighted by Crippen LogP contribution is 2.28. The van der Waals surface area contributed by atoms with E-state index < -0.39 is 0 Å². The summed E-state index contributed by atoms with van der Waals surface area (Å²) in [7, 11) is 1.70. The van der Waals surface area contributed by atoms with Crippen LogP contribution < -0.4 is 16.0 Å². The van der Waals surface area contributed by atoms with Gasteiger partial charge in [-0.05, 0) is 49.0 Å². The van der Waals surface area contributed by atoms with Gasteiger partial charge in [0.2, 0.25) is 5.91 Å². The highest BCUT2D eigenvalue weighted by Gasteiger charge is 2.32. The van der Waals surface area contributed by atoms with E-state index in [2.05, 4.69) is 36.7 Å². The van der Waals surface area contributed by atoms with E-state index in [-0.39, 0.29) is 41.5 Å². The Hall–Kier alpha value is -1.63. The predicted octanol–water partition coefficient (Wildman–Crippen LogP) is 2.66. The topological polar surface area (TPSA) is 79.5 Å². The normalized spacial score (nSPS) is 15.9. The van der Waals surface area contributed by atoms with Crippen LogP contribution in [0.2, 0.25) is 0 Å². The summed E-state index contributed by atoms with van der Waals surface area (Å²) in [5, 5.41) is 9.19. The molecule has 2 amide bonds. The van der Waals surface area contributed by atoms with Crippen LogP contribution in [0.25, 0.3) is 0 Å². The molecule has 1 fully saturated rings. The quantitative estimate of drug-likeness (QED) is 0.598. The number of nitrogens with one attached hydrogen (secondary N) is 3. The maximum absolute atomic E-state index is 12.3. The summed E-state index contributed by atoms with van der Waals surface area (Å²) < 4.78 is 5.37. The number of methoxy groups -OCH3 is 1. The Morgan fingerprint density at radius 1 is 1.10 bits per heavy atom. The molecule has 0 aliphatic carbocycles. The molecule has 29 heavy (non-hydrogen) atoms. The summed E-state index contributed by atoms with van der Waals surface area (Å²) in [5.74, 6) is -0.195. The van der Waals surface area contributed by atoms with E-state index in [9.17, 15) is 9.59 Å². The van der Waals surface area contributed by atoms with Crippen molar-refractivity contribution in [2.75, 3.05) is 39.9 Å². The van der Waals surface area contributed by atoms with Crippen molar-refractivity contribution in [3.05, 3.63) is 35.4 Å². The van der Waals surface area contributed by atoms with Crippen molar-refractivity contribution < 1.29 is 14.3 Å². The second kappa shape index (κ2) is 11.5. The molecular weight excluding hydrogens is 390 g/mol. The molecule has 1 saturated heterocycles. The molecule has 0 radical (unpaired) electrons. The summed E-state index contributed by atoms with van der Waals surface area (Å²) in [6.07, 6.45) is 2.25. The van der Waals surface area contributed by atoms with E-state index in [0.29, 0.717) is 25.3 Å². The lowest BCUT2D eigenvalue weighted by Gasteiger charge is -2.37. The average molecular weight is 426 g/mol. The fraction of sp³-hybridized carbons (Fsp3) is 0.636. The molecule has 6 nitrogen and oxygen atoms in total. The van der Waals surface area contributed by atoms with Crippen molar-refractivity contribution in [2.45, 2.75) is 45.4 Å². The van der Waals surface area contributed by atoms with E-state index in [1.807, 2.05) is 24.3 Å². The van der Waals surface area contributed by atoms with Crippen LogP contribution in [0.5, 0.6) is 0 Å². The Morgan fingerprint density at radius 3 is 2.28 bits per heavy atom. The number of carbonyl (C=O) groups is 2. The summed E-state index contributed by atoms with van der Waals surface area (Å²) in [4.78, 5) is 24.4. The molecule has 1 aromatic rings. The Kier molecular flexibility index (Phi) is 10.1. The fourth-order valence-corrected chi connectivity index (χ4v) is 3.52. The van der Waals surface area contributed by atoms with E-state index in [1.165, 1.54) is 5.56 Å². The summed E-state index contributed by atoms with van der Waals surface area (Å²) >= 11 is 0. The monoisotopic (exact) mass is 425 g/mol. The third-order valence-corrected chi connectivity index (χ3v) is 5.43. The number of hydrogen-bond donors (Lipinski definition) is 3. The number of hydrogen-bond acceptors (Lipinski definition) is 4. The fourth-order valence-electron chi connectivity index (χ4n) is 3.52. The molecule has 0 saturated carbocycles. The van der Waals surface area contributed by atoms with Crippen molar-refractivity contribution in [1.82, 2.24) is 16.0 Å². The van der Waals surface area contributed by atoms with Crippen LogP contribution in [0.4, 0.5) is 0 Å². The van der Waals surface area contributed by atoms with Crippen LogP contribution in [0.15, 0.2) is 24.3 Å². The maximum atomic E-state index is 12.3. The molecule has 1 aromatic carbocycles. The third-order valence-electron chi connectivity index (χ3n) is 5.43. The highest BCUT2D eigenvalue weighted by molar-refractivity contribution is 5.94. The lowest BCUT2D eigenvalue weighted by atomic mass is 9.79. The van der Waals surface area contributed by atoms with Gasteiger partial charge < -0.3 is 20.7 Å². The number of amides is 2. The van der Waals surface area contributed by atoms with Crippen LogP contribution in [0.3, 0.4) is 0 Å². The van der Waals surface area contributed by atoms with Gasteiger partial charge >= 0.3 is 0 Å². The van der Waals surface area contributed by atoms with Gasteiger partial charge in [-0.25, -0.2) is 0 Å². The van der Waals surface area contributed by atoms with Crippen molar-refractivity contribution >= 4 is 24.2 Å². The highest BCUT2D eigenvalue weighted by atomic mass is 35.5. The summed E-state index contributed by atoms with van der Waals surface area (Å²) in [6.45, 7) is 9.90. The molecule has 0 spiro atoms. The molecule has 3 N–H and O–H groups in total. The van der Waals surface area contributed by atoms with Gasteiger partial charge in [0.05, 0.1) is 6.61 Å². The number of ether oxygens (including phenoxy) is 1. The van der Waals surface area contributed by atoms with E-state index in [4.69, 9.17) is 4.74 Å². The minimum Gasteiger partial charge on any atom is -0.384 e. The third kappa shape index (κ3) is 7.96. The van der Waals surface area contributed by atoms with Crippen molar-refractivity contribution in [2.24, 2.45) is 5.41 Å². The first-order chi connectivity index (χ1) is 13.3. The summed E-state index contributed by atoms with van der Waals surface area (Å²) in [5.41, 5.74) is 1.86. The Balaban J connectivity index is 0.00000420. The molecule has 0 aromatic heterocycles. The van der Waals surface area contributed by atoms with Crippen LogP contribution >= 0.6 is 12.4 Å². The summed E-state index contributed by atoms with van der Waals surface area (Å²) in [6, 6.07) is 7.63. The first-order valence-corrected chi connectivity index (χ1v) is 10.1. The Labute approximate surface area is 181 Å². The van der Waals surface area contributed by atoms with Gasteiger partial charge in [0.15, 0.2) is 0 Å². The van der Waals surface area contributed by atoms with E-state index in [0.717, 1.165) is 25.9 Å². The number of carbonyl (C=O) groups excluding carboxylic acids is 2. The Morgan fingerprint density at radius 2 is 1.72 bits per heavy atom. The molecule has 164 valence electrons. The second-order valence-electron chi connectivity index (χ2n) is 8.79. The lowest BCUT2D eigenvalue weighted by Crippen LogP contribution is -2.47. The van der Waals surface area contributed by atoms with Crippen LogP contribution in [0, 0.1) is 5.41 Å². The molecule has 1 heterocycles. The SMILES string of the molecule is COCC1(CNC(=O)CCNC(=O)c2ccc(C(C)(C)C)cc2)CCNCC1.Cl. The molecule has 1 aliphatic heterocycles. The van der Waals surface area contributed by atoms with Crippen LogP contribution in [-0.4, -0.2) is 51.7 Å². The second-order valence-corrected chi connectivity index (χ2v) is 8.79. The zero-order valence-electron chi connectivity index (χ0n) is 18.1. The minimum atomic E-state index is -0.150. The van der Waals surface area contributed by atoms with Crippen molar-refractivity contribution in [3.8, 4) is 0 Å². The van der Waals surface area contributed by atoms with Crippen LogP contribution in [-0.2, 0) is 14.9 Å². The predicted molar refractivity (Wildman–Crippen MR) is 119 cm³/mol. The number of halogens is 1. The largest absolute Gasteiger partial charge is 0.384 e. The van der Waals surface area contributed by atoms with Gasteiger partial charge in [-0.15, -0.1) is 12.4 Å². The molecule has 0 atom stereocenters. The van der Waals surface area contributed by atoms with Crippen molar-refractivity contribution in [1.29, 1.82) is 0 Å². The van der Waals surface area contributed by atoms with Gasteiger partial charge in [-0.2, -0.15) is 0 Å². The molecule has 7 heteroatoms. The smallest absolute Gasteiger partial charge is 0.251 e. The average Bonchev–Trinajstić information content (AvgIpc) is 2.67. The van der Waals surface area contributed by atoms with Crippen LogP contribution in [0.1, 0.15) is 56.0 Å². The molecule has 1 aliphatic rings. The van der Waals surface area contributed by atoms with Gasteiger partial charge in [-0.1, -0.05) is 32.9 Å². The maximum Gasteiger partial charge on any atom is 0.251 e. The van der Waals surface area contributed by atoms with Gasteiger partial charge in [0.25, 0.3) is 5.91 Å². The lowest BCUT2D eigenvalue weighted by molar-refractivity contribution is -0.121. The van der Waals surface area contributed by atoms with Crippen molar-refractivity contribution in [3.63, 3.8) is 0 Å². The zero-order valence-corrected chi connectivity index (χ0v) is 18.9. The van der Waals surface area contributed by atoms with Gasteiger partial charge in [0, 0.05) is 37.6 Å². The molecule has 0 unspecified atom stereocenters. The number of piperidine rings is 1. The van der Waals surface area contributed by atoms with E-state index >= 15 is 0 Å². The van der Waals surface area contributed by atoms with E-state index in [1.54, 1.807) is 7.11 Å². The number of benzene rings is 1. The molecule has 2 rings (SSSR count). The van der Waals surface area contributed by atoms with Gasteiger partial charge in [-0.3, -0.25) is 9.59 Å². The minimum absolute atomic E-state index is 0. The standard InChI is InChI=1S/C22H35N3O3.ClH/c1-21(2,3)18-7-5-17(6-8-18)20(27)24-12-9-19(26)25-15-22(16-28-4)10-13-23-14-11-22;/h5-8,23H,9-16H2,1-4H3,(H,24,27)(H,25,26);1H. The first-order valence-electron chi connectivity index (χ1n) is 10.1. The first kappa shape index (κ1) is 25.4. The molecule has 0 bridgehead atoms. The Bertz CT molecular complexity index is 645. The zero-order chi connectivity index (χ0) is 20.6. The number of rotatable bonds is 8.